The average Bonchev–Trinajstić information content (AvgIpc) is 2.62. The number of esters is 1. The molecule has 1 aliphatic carbocycles. The van der Waals surface area contributed by atoms with Crippen LogP contribution in [0.25, 0.3) is 0 Å². The first kappa shape index (κ1) is 16.0. The number of guanidine groups is 1. The van der Waals surface area contributed by atoms with Crippen LogP contribution in [0.1, 0.15) is 20.3 Å². The summed E-state index contributed by atoms with van der Waals surface area (Å²) in [6.07, 6.45) is -3.14. The van der Waals surface area contributed by atoms with Gasteiger partial charge in [-0.25, -0.2) is 4.79 Å². The Bertz CT molecular complexity index is 588. The Balaban J connectivity index is 0.000000354. The zero-order valence-electron chi connectivity index (χ0n) is 12.6. The predicted octanol–water partition coefficient (Wildman–Crippen LogP) is -5.74. The number of aliphatic hydroxyl groups is 2. The van der Waals surface area contributed by atoms with Crippen molar-refractivity contribution in [2.75, 3.05) is 0 Å². The summed E-state index contributed by atoms with van der Waals surface area (Å²) < 4.78 is 10.8. The monoisotopic (exact) mass is 329 g/mol. The topological polar surface area (TPSA) is 168 Å². The fourth-order valence-electron chi connectivity index (χ4n) is 4.02. The number of hydrogen-bond donors (Lipinski definition) is 5. The van der Waals surface area contributed by atoms with Crippen molar-refractivity contribution in [2.45, 2.75) is 55.9 Å². The van der Waals surface area contributed by atoms with Gasteiger partial charge in [0.05, 0.1) is 5.92 Å². The summed E-state index contributed by atoms with van der Waals surface area (Å²) in [5, 5.41) is 32.8. The van der Waals surface area contributed by atoms with Crippen molar-refractivity contribution >= 4 is 17.9 Å². The van der Waals surface area contributed by atoms with Gasteiger partial charge in [0, 0.05) is 5.97 Å². The van der Waals surface area contributed by atoms with Gasteiger partial charge in [-0.15, -0.1) is 0 Å². The summed E-state index contributed by atoms with van der Waals surface area (Å²) in [7, 11) is 0. The number of carbonyl (C=O) groups excluding carboxylic acids is 2. The highest BCUT2D eigenvalue weighted by atomic mass is 16.6. The zero-order chi connectivity index (χ0) is 17.2. The molecule has 1 saturated carbocycles. The first-order chi connectivity index (χ1) is 10.6. The molecule has 10 nitrogen and oxygen atoms in total. The van der Waals surface area contributed by atoms with E-state index in [1.54, 1.807) is 6.92 Å². The molecule has 4 rings (SSSR count). The quantitative estimate of drug-likeness (QED) is 0.272. The Hall–Kier alpha value is -1.91. The third kappa shape index (κ3) is 2.09. The van der Waals surface area contributed by atoms with E-state index in [0.29, 0.717) is 6.42 Å². The van der Waals surface area contributed by atoms with Crippen molar-refractivity contribution in [1.29, 1.82) is 0 Å². The molecule has 7 atom stereocenters. The molecule has 0 aromatic rings. The second kappa shape index (κ2) is 4.79. The molecule has 0 amide bonds. The largest absolute Gasteiger partial charge is 0.550 e. The van der Waals surface area contributed by atoms with Gasteiger partial charge in [0.25, 0.3) is 0 Å². The van der Waals surface area contributed by atoms with Crippen molar-refractivity contribution in [3.05, 3.63) is 0 Å². The number of carboxylic acid groups (broad SMARTS) is 1. The van der Waals surface area contributed by atoms with Crippen molar-refractivity contribution in [2.24, 2.45) is 11.7 Å². The lowest BCUT2D eigenvalue weighted by atomic mass is 9.61. The summed E-state index contributed by atoms with van der Waals surface area (Å²) in [6, 6.07) is 0. The van der Waals surface area contributed by atoms with Crippen molar-refractivity contribution < 1.29 is 39.4 Å². The molecule has 2 saturated heterocycles. The van der Waals surface area contributed by atoms with E-state index in [0.717, 1.165) is 6.92 Å². The zero-order valence-corrected chi connectivity index (χ0v) is 12.6. The van der Waals surface area contributed by atoms with Gasteiger partial charge in [-0.3, -0.25) is 16.0 Å². The lowest BCUT2D eigenvalue weighted by molar-refractivity contribution is -0.572. The molecule has 1 spiro atoms. The number of aliphatic hydroxyl groups excluding tert-OH is 1. The molecule has 0 unspecified atom stereocenters. The number of ether oxygens (including phenoxy) is 2. The lowest BCUT2D eigenvalue weighted by Crippen LogP contribution is -2.94. The molecule has 3 bridgehead atoms. The maximum atomic E-state index is 12.1. The number of aliphatic carboxylic acids is 1. The SMILES string of the molecule is CC(=O)[O-].C[C@]1(O)C[C@@H]2[C@H]3[NH+]=C(N)N[C@]24[C@H](O3)C(=O)O[C@H]1[C@H]4O. The van der Waals surface area contributed by atoms with Crippen molar-refractivity contribution in [3.8, 4) is 0 Å². The molecule has 3 heterocycles. The minimum Gasteiger partial charge on any atom is -0.550 e. The normalized spacial score (nSPS) is 49.1. The molecule has 4 aliphatic rings. The second-order valence-electron chi connectivity index (χ2n) is 6.51. The highest BCUT2D eigenvalue weighted by molar-refractivity contribution is 5.83. The predicted molar refractivity (Wildman–Crippen MR) is 70.0 cm³/mol. The Labute approximate surface area is 131 Å². The Morgan fingerprint density at radius 3 is 2.78 bits per heavy atom. The van der Waals surface area contributed by atoms with E-state index in [1.807, 2.05) is 0 Å². The van der Waals surface area contributed by atoms with Gasteiger partial charge in [-0.05, 0) is 20.3 Å². The van der Waals surface area contributed by atoms with Crippen LogP contribution >= 0.6 is 0 Å². The number of rotatable bonds is 0. The van der Waals surface area contributed by atoms with Gasteiger partial charge in [0.1, 0.15) is 11.7 Å². The van der Waals surface area contributed by atoms with Crippen LogP contribution in [0.3, 0.4) is 0 Å². The van der Waals surface area contributed by atoms with Crippen LogP contribution in [0, 0.1) is 5.92 Å². The van der Waals surface area contributed by atoms with Crippen LogP contribution in [0.2, 0.25) is 0 Å². The average molecular weight is 329 g/mol. The van der Waals surface area contributed by atoms with E-state index >= 15 is 0 Å². The third-order valence-electron chi connectivity index (χ3n) is 4.82. The van der Waals surface area contributed by atoms with Gasteiger partial charge >= 0.3 is 11.9 Å². The minimum atomic E-state index is -1.30. The van der Waals surface area contributed by atoms with Crippen molar-refractivity contribution in [1.82, 2.24) is 5.32 Å². The fraction of sp³-hybridized carbons (Fsp3) is 0.769. The molecular formula is C13H19N3O7. The summed E-state index contributed by atoms with van der Waals surface area (Å²) in [6.45, 7) is 2.53. The van der Waals surface area contributed by atoms with E-state index in [9.17, 15) is 15.0 Å². The second-order valence-corrected chi connectivity index (χ2v) is 6.51. The standard InChI is InChI=1S/C11H15N3O5.C2H4O2/c1-10(17)2-3-7-13-9(12)14-11(3)4(15)5(10)19-8(16)6(11)18-7;1-2(3)4/h3-7,15,17H,2H2,1H3,(H3,12,13,14);1H3,(H,3,4)/t3-,4-,5+,6-,7+,10+,11-;/m1./s1. The number of nitrogens with two attached hydrogens (primary N) is 1. The molecule has 128 valence electrons. The number of carbonyl (C=O) groups is 2. The molecule has 6 N–H and O–H groups in total. The fourth-order valence-corrected chi connectivity index (χ4v) is 4.02. The van der Waals surface area contributed by atoms with E-state index in [-0.39, 0.29) is 11.9 Å². The van der Waals surface area contributed by atoms with E-state index < -0.39 is 47.6 Å². The molecule has 0 aromatic carbocycles. The van der Waals surface area contributed by atoms with E-state index in [4.69, 9.17) is 25.1 Å². The molecule has 0 radical (unpaired) electrons. The van der Waals surface area contributed by atoms with Crippen LogP contribution in [-0.4, -0.2) is 63.8 Å². The van der Waals surface area contributed by atoms with Gasteiger partial charge in [-0.2, -0.15) is 0 Å². The number of nitrogens with one attached hydrogen (secondary N) is 2. The smallest absolute Gasteiger partial charge is 0.343 e. The summed E-state index contributed by atoms with van der Waals surface area (Å²) in [5.74, 6) is -1.66. The Kier molecular flexibility index (Phi) is 3.33. The highest BCUT2D eigenvalue weighted by Crippen LogP contribution is 2.52. The van der Waals surface area contributed by atoms with Crippen LogP contribution in [-0.2, 0) is 19.1 Å². The number of carboxylic acids is 1. The maximum Gasteiger partial charge on any atom is 0.343 e. The number of hydrogen-bond acceptors (Lipinski definition) is 9. The van der Waals surface area contributed by atoms with Gasteiger partial charge in [0.15, 0.2) is 24.0 Å². The van der Waals surface area contributed by atoms with Gasteiger partial charge in [0.2, 0.25) is 0 Å². The minimum absolute atomic E-state index is 0.262. The van der Waals surface area contributed by atoms with Gasteiger partial charge in [-0.1, -0.05) is 0 Å². The first-order valence-electron chi connectivity index (χ1n) is 7.20. The number of fused-ring (bicyclic) bond motifs is 1. The van der Waals surface area contributed by atoms with Crippen LogP contribution < -0.4 is 21.1 Å². The molecule has 3 fully saturated rings. The Morgan fingerprint density at radius 1 is 1.57 bits per heavy atom. The van der Waals surface area contributed by atoms with Crippen molar-refractivity contribution in [3.63, 3.8) is 0 Å². The van der Waals surface area contributed by atoms with E-state index in [1.165, 1.54) is 0 Å². The molecule has 10 heteroatoms. The Morgan fingerprint density at radius 2 is 2.17 bits per heavy atom. The summed E-state index contributed by atoms with van der Waals surface area (Å²) >= 11 is 0. The van der Waals surface area contributed by atoms with Crippen LogP contribution in [0.4, 0.5) is 0 Å². The first-order valence-corrected chi connectivity index (χ1v) is 7.20. The molecule has 0 aromatic heterocycles. The van der Waals surface area contributed by atoms with Gasteiger partial charge < -0.3 is 29.6 Å². The summed E-state index contributed by atoms with van der Waals surface area (Å²) in [4.78, 5) is 23.8. The lowest BCUT2D eigenvalue weighted by Gasteiger charge is -2.54. The van der Waals surface area contributed by atoms with E-state index in [2.05, 4.69) is 10.3 Å². The highest BCUT2D eigenvalue weighted by Gasteiger charge is 2.77. The molecular weight excluding hydrogens is 310 g/mol. The van der Waals surface area contributed by atoms with Crippen LogP contribution in [0.5, 0.6) is 0 Å². The van der Waals surface area contributed by atoms with Crippen LogP contribution in [0.15, 0.2) is 0 Å². The maximum absolute atomic E-state index is 12.1. The summed E-state index contributed by atoms with van der Waals surface area (Å²) in [5.41, 5.74) is 3.45. The third-order valence-corrected chi connectivity index (χ3v) is 4.82. The molecule has 3 aliphatic heterocycles. The molecule has 23 heavy (non-hydrogen) atoms.